The number of nitrogens with zero attached hydrogens (tertiary/aromatic N) is 1. The van der Waals surface area contributed by atoms with Crippen LogP contribution in [-0.4, -0.2) is 23.5 Å². The molecule has 86 valence electrons. The van der Waals surface area contributed by atoms with Crippen molar-refractivity contribution in [1.82, 2.24) is 4.90 Å². The van der Waals surface area contributed by atoms with Crippen molar-refractivity contribution in [2.45, 2.75) is 19.4 Å². The molecule has 0 heterocycles. The first-order chi connectivity index (χ1) is 7.65. The Morgan fingerprint density at radius 2 is 2.25 bits per heavy atom. The van der Waals surface area contributed by atoms with Crippen LogP contribution in [0.25, 0.3) is 0 Å². The molecule has 1 saturated carbocycles. The van der Waals surface area contributed by atoms with Crippen molar-refractivity contribution in [2.24, 2.45) is 11.7 Å². The van der Waals surface area contributed by atoms with E-state index in [4.69, 9.17) is 18.0 Å². The average Bonchev–Trinajstić information content (AvgIpc) is 3.01. The van der Waals surface area contributed by atoms with E-state index in [1.54, 1.807) is 0 Å². The lowest BCUT2D eigenvalue weighted by molar-refractivity contribution is 0.313. The Morgan fingerprint density at radius 1 is 1.50 bits per heavy atom. The SMILES string of the molecule is CN(Cc1cccc(C(N)=S)c1)CC1CC1. The highest BCUT2D eigenvalue weighted by molar-refractivity contribution is 7.80. The predicted molar refractivity (Wildman–Crippen MR) is 71.4 cm³/mol. The third-order valence-corrected chi connectivity index (χ3v) is 3.17. The Morgan fingerprint density at radius 3 is 2.88 bits per heavy atom. The average molecular weight is 234 g/mol. The summed E-state index contributed by atoms with van der Waals surface area (Å²) < 4.78 is 0. The fourth-order valence-electron chi connectivity index (χ4n) is 1.94. The van der Waals surface area contributed by atoms with Gasteiger partial charge in [0.15, 0.2) is 0 Å². The summed E-state index contributed by atoms with van der Waals surface area (Å²) in [6, 6.07) is 8.21. The van der Waals surface area contributed by atoms with Crippen LogP contribution in [-0.2, 0) is 6.54 Å². The van der Waals surface area contributed by atoms with E-state index in [1.807, 2.05) is 12.1 Å². The minimum Gasteiger partial charge on any atom is -0.389 e. The van der Waals surface area contributed by atoms with Crippen LogP contribution < -0.4 is 5.73 Å². The van der Waals surface area contributed by atoms with Crippen LogP contribution in [0, 0.1) is 5.92 Å². The Hall–Kier alpha value is -0.930. The lowest BCUT2D eigenvalue weighted by atomic mass is 10.1. The summed E-state index contributed by atoms with van der Waals surface area (Å²) in [7, 11) is 2.17. The maximum absolute atomic E-state index is 5.62. The van der Waals surface area contributed by atoms with E-state index in [1.165, 1.54) is 24.9 Å². The molecular formula is C13H18N2S. The molecule has 0 atom stereocenters. The molecule has 0 amide bonds. The fraction of sp³-hybridized carbons (Fsp3) is 0.462. The summed E-state index contributed by atoms with van der Waals surface area (Å²) in [5.41, 5.74) is 7.87. The molecule has 0 bridgehead atoms. The molecule has 0 aliphatic heterocycles. The summed E-state index contributed by atoms with van der Waals surface area (Å²) in [6.07, 6.45) is 2.80. The van der Waals surface area contributed by atoms with E-state index in [-0.39, 0.29) is 0 Å². The third-order valence-electron chi connectivity index (χ3n) is 2.93. The summed E-state index contributed by atoms with van der Waals surface area (Å²) in [6.45, 7) is 2.18. The highest BCUT2D eigenvalue weighted by Crippen LogP contribution is 2.29. The molecule has 1 aromatic carbocycles. The molecular weight excluding hydrogens is 216 g/mol. The van der Waals surface area contributed by atoms with Gasteiger partial charge in [-0.25, -0.2) is 0 Å². The molecule has 2 rings (SSSR count). The summed E-state index contributed by atoms with van der Waals surface area (Å²) >= 11 is 4.98. The smallest absolute Gasteiger partial charge is 0.103 e. The van der Waals surface area contributed by atoms with E-state index in [2.05, 4.69) is 24.1 Å². The minimum absolute atomic E-state index is 0.478. The lowest BCUT2D eigenvalue weighted by Gasteiger charge is -2.16. The van der Waals surface area contributed by atoms with Gasteiger partial charge in [-0.05, 0) is 37.4 Å². The van der Waals surface area contributed by atoms with E-state index in [0.717, 1.165) is 18.0 Å². The van der Waals surface area contributed by atoms with Crippen LogP contribution in [0.3, 0.4) is 0 Å². The molecule has 0 aromatic heterocycles. The van der Waals surface area contributed by atoms with Crippen molar-refractivity contribution < 1.29 is 0 Å². The second-order valence-electron chi connectivity index (χ2n) is 4.70. The van der Waals surface area contributed by atoms with Crippen LogP contribution in [0.1, 0.15) is 24.0 Å². The number of hydrogen-bond donors (Lipinski definition) is 1. The first-order valence-electron chi connectivity index (χ1n) is 5.72. The second-order valence-corrected chi connectivity index (χ2v) is 5.14. The number of nitrogens with two attached hydrogens (primary N) is 1. The zero-order valence-corrected chi connectivity index (χ0v) is 10.5. The molecule has 0 radical (unpaired) electrons. The van der Waals surface area contributed by atoms with Gasteiger partial charge < -0.3 is 10.6 Å². The van der Waals surface area contributed by atoms with Crippen molar-refractivity contribution in [1.29, 1.82) is 0 Å². The zero-order valence-electron chi connectivity index (χ0n) is 9.65. The van der Waals surface area contributed by atoms with Crippen LogP contribution in [0.5, 0.6) is 0 Å². The van der Waals surface area contributed by atoms with Crippen molar-refractivity contribution in [2.75, 3.05) is 13.6 Å². The van der Waals surface area contributed by atoms with Gasteiger partial charge in [-0.1, -0.05) is 30.4 Å². The number of rotatable bonds is 5. The quantitative estimate of drug-likeness (QED) is 0.792. The number of benzene rings is 1. The van der Waals surface area contributed by atoms with Gasteiger partial charge in [0, 0.05) is 18.7 Å². The monoisotopic (exact) mass is 234 g/mol. The van der Waals surface area contributed by atoms with Gasteiger partial charge in [-0.3, -0.25) is 0 Å². The molecule has 16 heavy (non-hydrogen) atoms. The molecule has 1 aliphatic carbocycles. The van der Waals surface area contributed by atoms with Crippen molar-refractivity contribution in [3.05, 3.63) is 35.4 Å². The summed E-state index contributed by atoms with van der Waals surface area (Å²) in [5, 5.41) is 0. The number of hydrogen-bond acceptors (Lipinski definition) is 2. The van der Waals surface area contributed by atoms with Gasteiger partial charge in [-0.15, -0.1) is 0 Å². The maximum Gasteiger partial charge on any atom is 0.103 e. The molecule has 1 aliphatic rings. The van der Waals surface area contributed by atoms with Crippen molar-refractivity contribution >= 4 is 17.2 Å². The van der Waals surface area contributed by atoms with E-state index < -0.39 is 0 Å². The summed E-state index contributed by atoms with van der Waals surface area (Å²) in [4.78, 5) is 2.85. The lowest BCUT2D eigenvalue weighted by Crippen LogP contribution is -2.20. The maximum atomic E-state index is 5.62. The Kier molecular flexibility index (Phi) is 3.56. The molecule has 2 nitrogen and oxygen atoms in total. The zero-order chi connectivity index (χ0) is 11.5. The van der Waals surface area contributed by atoms with Gasteiger partial charge in [0.05, 0.1) is 0 Å². The van der Waals surface area contributed by atoms with Crippen LogP contribution in [0.2, 0.25) is 0 Å². The minimum atomic E-state index is 0.478. The standard InChI is InChI=1S/C13H18N2S/c1-15(8-10-5-6-10)9-11-3-2-4-12(7-11)13(14)16/h2-4,7,10H,5-6,8-9H2,1H3,(H2,14,16). The molecule has 0 saturated heterocycles. The van der Waals surface area contributed by atoms with Crippen LogP contribution in [0.4, 0.5) is 0 Å². The van der Waals surface area contributed by atoms with E-state index in [9.17, 15) is 0 Å². The van der Waals surface area contributed by atoms with Crippen LogP contribution >= 0.6 is 12.2 Å². The third kappa shape index (κ3) is 3.29. The van der Waals surface area contributed by atoms with Crippen molar-refractivity contribution in [3.63, 3.8) is 0 Å². The number of thiocarbonyl (C=S) groups is 1. The van der Waals surface area contributed by atoms with Crippen LogP contribution in [0.15, 0.2) is 24.3 Å². The molecule has 2 N–H and O–H groups in total. The summed E-state index contributed by atoms with van der Waals surface area (Å²) in [5.74, 6) is 0.934. The molecule has 3 heteroatoms. The van der Waals surface area contributed by atoms with Gasteiger partial charge >= 0.3 is 0 Å². The van der Waals surface area contributed by atoms with Gasteiger partial charge in [0.2, 0.25) is 0 Å². The van der Waals surface area contributed by atoms with Gasteiger partial charge in [-0.2, -0.15) is 0 Å². The highest BCUT2D eigenvalue weighted by Gasteiger charge is 2.22. The van der Waals surface area contributed by atoms with E-state index in [0.29, 0.717) is 4.99 Å². The second kappa shape index (κ2) is 4.93. The predicted octanol–water partition coefficient (Wildman–Crippen LogP) is 2.16. The fourth-order valence-corrected chi connectivity index (χ4v) is 2.07. The largest absolute Gasteiger partial charge is 0.389 e. The topological polar surface area (TPSA) is 29.3 Å². The first-order valence-corrected chi connectivity index (χ1v) is 6.13. The van der Waals surface area contributed by atoms with Gasteiger partial charge in [0.25, 0.3) is 0 Å². The Labute approximate surface area is 102 Å². The Bertz CT molecular complexity index is 385. The van der Waals surface area contributed by atoms with Gasteiger partial charge in [0.1, 0.15) is 4.99 Å². The molecule has 0 spiro atoms. The van der Waals surface area contributed by atoms with E-state index >= 15 is 0 Å². The Balaban J connectivity index is 1.96. The normalized spacial score (nSPS) is 15.4. The molecule has 0 unspecified atom stereocenters. The first kappa shape index (κ1) is 11.6. The highest BCUT2D eigenvalue weighted by atomic mass is 32.1. The molecule has 1 aromatic rings. The molecule has 1 fully saturated rings. The van der Waals surface area contributed by atoms with Crippen molar-refractivity contribution in [3.8, 4) is 0 Å².